The van der Waals surface area contributed by atoms with Crippen molar-refractivity contribution in [3.05, 3.63) is 41.0 Å². The molecule has 0 atom stereocenters. The Bertz CT molecular complexity index is 402. The first-order valence-electron chi connectivity index (χ1n) is 5.59. The van der Waals surface area contributed by atoms with Crippen LogP contribution >= 0.6 is 0 Å². The normalized spacial score (nSPS) is 15.8. The molecule has 0 heterocycles. The first kappa shape index (κ1) is 9.98. The zero-order valence-corrected chi connectivity index (χ0v) is 8.87. The molecule has 0 N–H and O–H groups in total. The number of nitriles is 1. The third-order valence-corrected chi connectivity index (χ3v) is 2.94. The average molecular weight is 197 g/mol. The highest BCUT2D eigenvalue weighted by atomic mass is 14.2. The van der Waals surface area contributed by atoms with Crippen LogP contribution in [0.15, 0.2) is 29.8 Å². The van der Waals surface area contributed by atoms with E-state index in [0.717, 1.165) is 11.1 Å². The van der Waals surface area contributed by atoms with Crippen molar-refractivity contribution in [1.29, 1.82) is 5.26 Å². The summed E-state index contributed by atoms with van der Waals surface area (Å²) in [5.74, 6) is 0. The second-order valence-corrected chi connectivity index (χ2v) is 4.06. The van der Waals surface area contributed by atoms with Gasteiger partial charge in [-0.05, 0) is 37.3 Å². The molecule has 1 nitrogen and oxygen atoms in total. The molecule has 0 spiro atoms. The third-order valence-electron chi connectivity index (χ3n) is 2.94. The van der Waals surface area contributed by atoms with Crippen molar-refractivity contribution in [2.24, 2.45) is 0 Å². The van der Waals surface area contributed by atoms with Gasteiger partial charge in [0.05, 0.1) is 11.6 Å². The van der Waals surface area contributed by atoms with Crippen LogP contribution in [0.4, 0.5) is 0 Å². The summed E-state index contributed by atoms with van der Waals surface area (Å²) in [5, 5.41) is 8.97. The Morgan fingerprint density at radius 2 is 1.80 bits per heavy atom. The number of hydrogen-bond acceptors (Lipinski definition) is 1. The van der Waals surface area contributed by atoms with Gasteiger partial charge in [-0.3, -0.25) is 0 Å². The van der Waals surface area contributed by atoms with E-state index in [1.807, 2.05) is 24.3 Å². The summed E-state index contributed by atoms with van der Waals surface area (Å²) in [7, 11) is 0. The number of benzene rings is 1. The maximum atomic E-state index is 8.97. The summed E-state index contributed by atoms with van der Waals surface area (Å²) in [5.41, 5.74) is 3.37. The molecule has 0 radical (unpaired) electrons. The molecule has 0 bridgehead atoms. The lowest BCUT2D eigenvalue weighted by atomic mass is 9.92. The summed E-state index contributed by atoms with van der Waals surface area (Å²) in [6, 6.07) is 10.1. The second-order valence-electron chi connectivity index (χ2n) is 4.06. The molecule has 0 unspecified atom stereocenters. The van der Waals surface area contributed by atoms with Gasteiger partial charge in [0.25, 0.3) is 0 Å². The van der Waals surface area contributed by atoms with Crippen molar-refractivity contribution in [1.82, 2.24) is 0 Å². The molecule has 0 aliphatic heterocycles. The molecule has 1 aliphatic carbocycles. The van der Waals surface area contributed by atoms with Crippen LogP contribution in [-0.2, 0) is 0 Å². The molecule has 1 aliphatic rings. The minimum absolute atomic E-state index is 0.788. The van der Waals surface area contributed by atoms with Crippen molar-refractivity contribution in [2.75, 3.05) is 0 Å². The van der Waals surface area contributed by atoms with Gasteiger partial charge in [0.1, 0.15) is 0 Å². The third kappa shape index (κ3) is 2.47. The minimum atomic E-state index is 0.788. The van der Waals surface area contributed by atoms with Crippen LogP contribution in [0.5, 0.6) is 0 Å². The van der Waals surface area contributed by atoms with Crippen LogP contribution in [0.1, 0.15) is 43.2 Å². The van der Waals surface area contributed by atoms with E-state index >= 15 is 0 Å². The Kier molecular flexibility index (Phi) is 3.19. The summed E-state index contributed by atoms with van der Waals surface area (Å²) < 4.78 is 0. The van der Waals surface area contributed by atoms with Crippen LogP contribution in [-0.4, -0.2) is 0 Å². The Morgan fingerprint density at radius 3 is 2.53 bits per heavy atom. The van der Waals surface area contributed by atoms with Gasteiger partial charge < -0.3 is 0 Å². The number of allylic oxidation sites excluding steroid dienone is 1. The van der Waals surface area contributed by atoms with Gasteiger partial charge in [-0.1, -0.05) is 36.3 Å². The monoisotopic (exact) mass is 197 g/mol. The zero-order valence-electron chi connectivity index (χ0n) is 8.87. The number of rotatable bonds is 1. The number of nitrogens with zero attached hydrogens (tertiary/aromatic N) is 1. The molecule has 2 rings (SSSR count). The highest BCUT2D eigenvalue weighted by molar-refractivity contribution is 5.60. The van der Waals surface area contributed by atoms with Gasteiger partial charge in [-0.25, -0.2) is 0 Å². The van der Waals surface area contributed by atoms with Gasteiger partial charge in [-0.2, -0.15) is 5.26 Å². The van der Waals surface area contributed by atoms with Crippen LogP contribution in [0.25, 0.3) is 6.08 Å². The van der Waals surface area contributed by atoms with Crippen LogP contribution in [0.3, 0.4) is 0 Å². The summed E-state index contributed by atoms with van der Waals surface area (Å²) in [6.07, 6.45) is 8.59. The molecule has 0 saturated heterocycles. The fraction of sp³-hybridized carbons (Fsp3) is 0.357. The first-order chi connectivity index (χ1) is 7.40. The van der Waals surface area contributed by atoms with Gasteiger partial charge in [0.2, 0.25) is 0 Å². The van der Waals surface area contributed by atoms with E-state index in [9.17, 15) is 0 Å². The molecule has 0 aromatic heterocycles. The lowest BCUT2D eigenvalue weighted by Gasteiger charge is -2.13. The Hall–Kier alpha value is -1.55. The summed E-state index contributed by atoms with van der Waals surface area (Å²) in [4.78, 5) is 0. The smallest absolute Gasteiger partial charge is 0.0997 e. The second kappa shape index (κ2) is 4.79. The van der Waals surface area contributed by atoms with Gasteiger partial charge in [0, 0.05) is 0 Å². The van der Waals surface area contributed by atoms with Crippen LogP contribution < -0.4 is 0 Å². The lowest BCUT2D eigenvalue weighted by Crippen LogP contribution is -1.93. The van der Waals surface area contributed by atoms with Crippen molar-refractivity contribution in [2.45, 2.75) is 32.1 Å². The highest BCUT2D eigenvalue weighted by Gasteiger charge is 2.06. The first-order valence-corrected chi connectivity index (χ1v) is 5.59. The predicted molar refractivity (Wildman–Crippen MR) is 62.2 cm³/mol. The van der Waals surface area contributed by atoms with Crippen molar-refractivity contribution >= 4 is 6.08 Å². The van der Waals surface area contributed by atoms with Crippen molar-refractivity contribution in [3.63, 3.8) is 0 Å². The molecular weight excluding hydrogens is 182 g/mol. The molecule has 1 saturated carbocycles. The topological polar surface area (TPSA) is 23.8 Å². The van der Waals surface area contributed by atoms with E-state index in [0.29, 0.717) is 0 Å². The molecule has 1 heteroatoms. The molecular formula is C14H15N. The standard InChI is InChI=1S/C14H15N/c15-11-14-9-5-4-8-13(14)10-12-6-2-1-3-7-12/h4-5,8-10H,1-3,6-7H2. The van der Waals surface area contributed by atoms with E-state index < -0.39 is 0 Å². The molecule has 1 aromatic carbocycles. The average Bonchev–Trinajstić information content (AvgIpc) is 2.31. The fourth-order valence-corrected chi connectivity index (χ4v) is 2.09. The fourth-order valence-electron chi connectivity index (χ4n) is 2.09. The Balaban J connectivity index is 2.26. The SMILES string of the molecule is N#Cc1ccccc1C=C1CCCCC1. The van der Waals surface area contributed by atoms with Gasteiger partial charge in [0.15, 0.2) is 0 Å². The lowest BCUT2D eigenvalue weighted by molar-refractivity contribution is 0.602. The Morgan fingerprint density at radius 1 is 1.07 bits per heavy atom. The minimum Gasteiger partial charge on any atom is -0.192 e. The van der Waals surface area contributed by atoms with E-state index in [4.69, 9.17) is 5.26 Å². The highest BCUT2D eigenvalue weighted by Crippen LogP contribution is 2.25. The van der Waals surface area contributed by atoms with E-state index in [2.05, 4.69) is 12.1 Å². The van der Waals surface area contributed by atoms with Gasteiger partial charge >= 0.3 is 0 Å². The quantitative estimate of drug-likeness (QED) is 0.669. The molecule has 1 fully saturated rings. The van der Waals surface area contributed by atoms with Crippen LogP contribution in [0.2, 0.25) is 0 Å². The predicted octanol–water partition coefficient (Wildman–Crippen LogP) is 3.91. The molecule has 15 heavy (non-hydrogen) atoms. The Labute approximate surface area is 91.0 Å². The maximum absolute atomic E-state index is 8.97. The largest absolute Gasteiger partial charge is 0.192 e. The van der Waals surface area contributed by atoms with Crippen molar-refractivity contribution < 1.29 is 0 Å². The maximum Gasteiger partial charge on any atom is 0.0997 e. The summed E-state index contributed by atoms with van der Waals surface area (Å²) >= 11 is 0. The molecule has 76 valence electrons. The van der Waals surface area contributed by atoms with Gasteiger partial charge in [-0.15, -0.1) is 0 Å². The zero-order chi connectivity index (χ0) is 10.5. The van der Waals surface area contributed by atoms with E-state index in [1.54, 1.807) is 0 Å². The van der Waals surface area contributed by atoms with E-state index in [1.165, 1.54) is 37.7 Å². The number of hydrogen-bond donors (Lipinski definition) is 0. The summed E-state index contributed by atoms with van der Waals surface area (Å²) in [6.45, 7) is 0. The van der Waals surface area contributed by atoms with E-state index in [-0.39, 0.29) is 0 Å². The van der Waals surface area contributed by atoms with Crippen molar-refractivity contribution in [3.8, 4) is 6.07 Å². The molecule has 1 aromatic rings. The molecule has 0 amide bonds. The van der Waals surface area contributed by atoms with Crippen LogP contribution in [0, 0.1) is 11.3 Å².